The van der Waals surface area contributed by atoms with Crippen molar-refractivity contribution in [2.75, 3.05) is 6.54 Å². The van der Waals surface area contributed by atoms with Crippen LogP contribution >= 0.6 is 0 Å². The average Bonchev–Trinajstić information content (AvgIpc) is 2.43. The number of carbonyl (C=O) groups excluding carboxylic acids is 2. The summed E-state index contributed by atoms with van der Waals surface area (Å²) in [5, 5.41) is 2.35. The van der Waals surface area contributed by atoms with Crippen LogP contribution in [0.4, 0.5) is 9.18 Å². The number of amides is 1. The molecule has 0 spiro atoms. The smallest absolute Gasteiger partial charge is 0.408 e. The highest BCUT2D eigenvalue weighted by Crippen LogP contribution is 2.21. The third kappa shape index (κ3) is 7.13. The minimum absolute atomic E-state index is 0.0962. The third-order valence-electron chi connectivity index (χ3n) is 3.19. The first-order chi connectivity index (χ1) is 10.6. The molecule has 0 bridgehead atoms. The molecule has 6 heteroatoms. The van der Waals surface area contributed by atoms with Crippen LogP contribution in [-0.4, -0.2) is 30.3 Å². The van der Waals surface area contributed by atoms with Crippen LogP contribution in [0.3, 0.4) is 0 Å². The Balaban J connectivity index is 2.44. The van der Waals surface area contributed by atoms with E-state index in [2.05, 4.69) is 5.32 Å². The molecule has 5 nitrogen and oxygen atoms in total. The summed E-state index contributed by atoms with van der Waals surface area (Å²) in [6.45, 7) is 8.56. The second-order valence-corrected chi connectivity index (χ2v) is 6.39. The zero-order valence-corrected chi connectivity index (χ0v) is 14.2. The lowest BCUT2D eigenvalue weighted by Gasteiger charge is -2.22. The molecule has 23 heavy (non-hydrogen) atoms. The molecule has 1 N–H and O–H groups in total. The molecule has 0 saturated heterocycles. The summed E-state index contributed by atoms with van der Waals surface area (Å²) in [5.74, 6) is -0.967. The largest absolute Gasteiger partial charge is 0.461 e. The number of ether oxygens (including phenoxy) is 2. The predicted molar refractivity (Wildman–Crippen MR) is 84.6 cm³/mol. The van der Waals surface area contributed by atoms with Gasteiger partial charge in [0, 0.05) is 5.92 Å². The average molecular weight is 325 g/mol. The van der Waals surface area contributed by atoms with E-state index in [-0.39, 0.29) is 18.3 Å². The van der Waals surface area contributed by atoms with Gasteiger partial charge in [0.25, 0.3) is 0 Å². The van der Waals surface area contributed by atoms with Crippen molar-refractivity contribution in [3.63, 3.8) is 0 Å². The van der Waals surface area contributed by atoms with Crippen molar-refractivity contribution in [2.45, 2.75) is 52.2 Å². The van der Waals surface area contributed by atoms with Crippen molar-refractivity contribution >= 4 is 12.1 Å². The van der Waals surface area contributed by atoms with E-state index in [0.717, 1.165) is 5.56 Å². The van der Waals surface area contributed by atoms with Gasteiger partial charge >= 0.3 is 12.1 Å². The summed E-state index contributed by atoms with van der Waals surface area (Å²) in [6, 6.07) is 6.04. The van der Waals surface area contributed by atoms with E-state index in [9.17, 15) is 14.0 Å². The number of nitrogens with one attached hydrogen (secondary N) is 1. The Bertz CT molecular complexity index is 537. The lowest BCUT2D eigenvalue weighted by Crippen LogP contribution is -2.37. The van der Waals surface area contributed by atoms with Gasteiger partial charge in [-0.15, -0.1) is 0 Å². The first kappa shape index (κ1) is 18.9. The maximum atomic E-state index is 12.9. The van der Waals surface area contributed by atoms with Crippen molar-refractivity contribution in [1.82, 2.24) is 5.32 Å². The van der Waals surface area contributed by atoms with Gasteiger partial charge < -0.3 is 14.8 Å². The highest BCUT2D eigenvalue weighted by Gasteiger charge is 2.20. The zero-order chi connectivity index (χ0) is 17.6. The topological polar surface area (TPSA) is 64.6 Å². The SMILES string of the molecule is C[C@H](OC(=O)CNC(=O)OC(C)(C)C)[C@@H](C)c1ccc(F)cc1. The molecule has 1 aromatic carbocycles. The standard InChI is InChI=1S/C17H24FNO4/c1-11(13-6-8-14(18)9-7-13)12(2)22-15(20)10-19-16(21)23-17(3,4)5/h6-9,11-12H,10H2,1-5H3,(H,19,21)/t11-,12+/m1/s1. The van der Waals surface area contributed by atoms with Crippen molar-refractivity contribution in [3.8, 4) is 0 Å². The number of carbonyl (C=O) groups is 2. The molecule has 0 fully saturated rings. The van der Waals surface area contributed by atoms with Gasteiger partial charge in [0.2, 0.25) is 0 Å². The highest BCUT2D eigenvalue weighted by molar-refractivity contribution is 5.78. The van der Waals surface area contributed by atoms with Crippen molar-refractivity contribution in [2.24, 2.45) is 0 Å². The Labute approximate surface area is 136 Å². The van der Waals surface area contributed by atoms with Gasteiger partial charge in [-0.1, -0.05) is 19.1 Å². The predicted octanol–water partition coefficient (Wildman–Crippen LogP) is 3.39. The summed E-state index contributed by atoms with van der Waals surface area (Å²) >= 11 is 0. The van der Waals surface area contributed by atoms with Crippen LogP contribution in [0.1, 0.15) is 46.1 Å². The molecule has 1 amide bonds. The normalized spacial score (nSPS) is 13.8. The van der Waals surface area contributed by atoms with Gasteiger partial charge in [0.1, 0.15) is 24.1 Å². The van der Waals surface area contributed by atoms with Crippen LogP contribution in [-0.2, 0) is 14.3 Å². The molecule has 0 aromatic heterocycles. The van der Waals surface area contributed by atoms with Crippen LogP contribution in [0.25, 0.3) is 0 Å². The molecule has 0 aliphatic rings. The van der Waals surface area contributed by atoms with Crippen LogP contribution in [0.15, 0.2) is 24.3 Å². The van der Waals surface area contributed by atoms with Crippen LogP contribution in [0.5, 0.6) is 0 Å². The molecular formula is C17H24FNO4. The van der Waals surface area contributed by atoms with Crippen LogP contribution < -0.4 is 5.32 Å². The quantitative estimate of drug-likeness (QED) is 0.843. The van der Waals surface area contributed by atoms with Gasteiger partial charge in [-0.25, -0.2) is 9.18 Å². The van der Waals surface area contributed by atoms with E-state index in [1.807, 2.05) is 6.92 Å². The third-order valence-corrected chi connectivity index (χ3v) is 3.19. The molecule has 0 unspecified atom stereocenters. The van der Waals surface area contributed by atoms with Crippen molar-refractivity contribution < 1.29 is 23.5 Å². The Morgan fingerprint density at radius 3 is 2.26 bits per heavy atom. The first-order valence-electron chi connectivity index (χ1n) is 7.50. The monoisotopic (exact) mass is 325 g/mol. The molecule has 0 saturated carbocycles. The van der Waals surface area contributed by atoms with Crippen LogP contribution in [0, 0.1) is 5.82 Å². The fraction of sp³-hybridized carbons (Fsp3) is 0.529. The Morgan fingerprint density at radius 2 is 1.74 bits per heavy atom. The summed E-state index contributed by atoms with van der Waals surface area (Å²) in [7, 11) is 0. The Hall–Kier alpha value is -2.11. The second-order valence-electron chi connectivity index (χ2n) is 6.39. The Morgan fingerprint density at radius 1 is 1.17 bits per heavy atom. The first-order valence-corrected chi connectivity index (χ1v) is 7.50. The fourth-order valence-corrected chi connectivity index (χ4v) is 1.85. The van der Waals surface area contributed by atoms with E-state index < -0.39 is 23.8 Å². The number of esters is 1. The van der Waals surface area contributed by atoms with Gasteiger partial charge in [-0.3, -0.25) is 4.79 Å². The van der Waals surface area contributed by atoms with Crippen LogP contribution in [0.2, 0.25) is 0 Å². The molecule has 1 aromatic rings. The van der Waals surface area contributed by atoms with Gasteiger partial charge in [-0.05, 0) is 45.4 Å². The lowest BCUT2D eigenvalue weighted by atomic mass is 9.96. The number of hydrogen-bond acceptors (Lipinski definition) is 4. The fourth-order valence-electron chi connectivity index (χ4n) is 1.85. The minimum Gasteiger partial charge on any atom is -0.461 e. The maximum Gasteiger partial charge on any atom is 0.408 e. The lowest BCUT2D eigenvalue weighted by molar-refractivity contribution is -0.148. The van der Waals surface area contributed by atoms with Crippen molar-refractivity contribution in [3.05, 3.63) is 35.6 Å². The van der Waals surface area contributed by atoms with E-state index >= 15 is 0 Å². The summed E-state index contributed by atoms with van der Waals surface area (Å²) in [4.78, 5) is 23.2. The van der Waals surface area contributed by atoms with Gasteiger partial charge in [0.15, 0.2) is 0 Å². The zero-order valence-electron chi connectivity index (χ0n) is 14.2. The molecule has 128 valence electrons. The van der Waals surface area contributed by atoms with Gasteiger partial charge in [-0.2, -0.15) is 0 Å². The molecule has 2 atom stereocenters. The van der Waals surface area contributed by atoms with Crippen molar-refractivity contribution in [1.29, 1.82) is 0 Å². The summed E-state index contributed by atoms with van der Waals surface area (Å²) in [5.41, 5.74) is 0.241. The Kier molecular flexibility index (Phi) is 6.54. The number of halogens is 1. The van der Waals surface area contributed by atoms with E-state index in [0.29, 0.717) is 0 Å². The molecule has 0 heterocycles. The number of alkyl carbamates (subject to hydrolysis) is 1. The van der Waals surface area contributed by atoms with E-state index in [1.54, 1.807) is 39.8 Å². The summed E-state index contributed by atoms with van der Waals surface area (Å²) in [6.07, 6.45) is -1.08. The van der Waals surface area contributed by atoms with E-state index in [4.69, 9.17) is 9.47 Å². The number of benzene rings is 1. The maximum absolute atomic E-state index is 12.9. The number of hydrogen-bond donors (Lipinski definition) is 1. The summed E-state index contributed by atoms with van der Waals surface area (Å²) < 4.78 is 23.2. The number of rotatable bonds is 5. The molecule has 0 aliphatic heterocycles. The highest BCUT2D eigenvalue weighted by atomic mass is 19.1. The van der Waals surface area contributed by atoms with E-state index in [1.165, 1.54) is 12.1 Å². The second kappa shape index (κ2) is 7.94. The van der Waals surface area contributed by atoms with Gasteiger partial charge in [0.05, 0.1) is 0 Å². The molecular weight excluding hydrogens is 301 g/mol. The molecule has 1 rings (SSSR count). The molecule has 0 radical (unpaired) electrons. The minimum atomic E-state index is -0.673. The molecule has 0 aliphatic carbocycles.